The summed E-state index contributed by atoms with van der Waals surface area (Å²) in [4.78, 5) is 38.1. The van der Waals surface area contributed by atoms with Gasteiger partial charge < -0.3 is 14.2 Å². The van der Waals surface area contributed by atoms with E-state index in [1.54, 1.807) is 0 Å². The monoisotopic (exact) mass is 901 g/mol. The van der Waals surface area contributed by atoms with Crippen LogP contribution in [0.5, 0.6) is 0 Å². The zero-order valence-electron chi connectivity index (χ0n) is 43.1. The Kier molecular flexibility index (Phi) is 51.7. The fraction of sp³-hybridized carbons (Fsp3) is 0.879. The molecule has 0 N–H and O–H groups in total. The van der Waals surface area contributed by atoms with Crippen molar-refractivity contribution in [1.82, 2.24) is 0 Å². The Morgan fingerprint density at radius 1 is 0.312 bits per heavy atom. The zero-order valence-corrected chi connectivity index (χ0v) is 43.1. The third kappa shape index (κ3) is 50.9. The Morgan fingerprint density at radius 2 is 0.547 bits per heavy atom. The SMILES string of the molecule is CCCCCCCCC/C=C\C=C/CCCCCCCC(=O)OCC(COC(=O)CCCCCCCCCCCCCCC)OC(=O)CCCCCCCCCCCCCCCCC. The number of ether oxygens (including phenoxy) is 3. The largest absolute Gasteiger partial charge is 0.462 e. The maximum atomic E-state index is 12.8. The summed E-state index contributed by atoms with van der Waals surface area (Å²) in [7, 11) is 0. The lowest BCUT2D eigenvalue weighted by Crippen LogP contribution is -2.30. The van der Waals surface area contributed by atoms with Crippen molar-refractivity contribution < 1.29 is 28.6 Å². The van der Waals surface area contributed by atoms with Crippen LogP contribution in [-0.4, -0.2) is 37.2 Å². The number of unbranched alkanes of at least 4 members (excludes halogenated alkanes) is 38. The predicted molar refractivity (Wildman–Crippen MR) is 275 cm³/mol. The number of hydrogen-bond donors (Lipinski definition) is 0. The second kappa shape index (κ2) is 53.5. The van der Waals surface area contributed by atoms with Gasteiger partial charge in [0.05, 0.1) is 0 Å². The molecule has 0 aromatic heterocycles. The lowest BCUT2D eigenvalue weighted by Gasteiger charge is -2.18. The number of carbonyl (C=O) groups excluding carboxylic acids is 3. The molecule has 0 aromatic rings. The molecule has 64 heavy (non-hydrogen) atoms. The van der Waals surface area contributed by atoms with Crippen LogP contribution >= 0.6 is 0 Å². The van der Waals surface area contributed by atoms with Crippen molar-refractivity contribution in [1.29, 1.82) is 0 Å². The van der Waals surface area contributed by atoms with Crippen LogP contribution in [0.25, 0.3) is 0 Å². The molecular formula is C58H108O6. The van der Waals surface area contributed by atoms with Gasteiger partial charge in [-0.1, -0.05) is 270 Å². The van der Waals surface area contributed by atoms with E-state index in [0.717, 1.165) is 77.0 Å². The highest BCUT2D eigenvalue weighted by atomic mass is 16.6. The van der Waals surface area contributed by atoms with Gasteiger partial charge in [0.2, 0.25) is 0 Å². The number of rotatable bonds is 52. The van der Waals surface area contributed by atoms with Crippen LogP contribution in [0, 0.1) is 0 Å². The summed E-state index contributed by atoms with van der Waals surface area (Å²) in [6, 6.07) is 0. The van der Waals surface area contributed by atoms with Crippen molar-refractivity contribution in [2.24, 2.45) is 0 Å². The summed E-state index contributed by atoms with van der Waals surface area (Å²) in [5.74, 6) is -0.866. The smallest absolute Gasteiger partial charge is 0.306 e. The van der Waals surface area contributed by atoms with Gasteiger partial charge in [-0.25, -0.2) is 0 Å². The molecule has 0 heterocycles. The molecule has 0 saturated carbocycles. The quantitative estimate of drug-likeness (QED) is 0.0262. The first kappa shape index (κ1) is 61.9. The van der Waals surface area contributed by atoms with Crippen molar-refractivity contribution in [3.8, 4) is 0 Å². The first-order chi connectivity index (χ1) is 31.5. The molecule has 0 amide bonds. The van der Waals surface area contributed by atoms with Gasteiger partial charge in [0.25, 0.3) is 0 Å². The van der Waals surface area contributed by atoms with Crippen molar-refractivity contribution in [3.05, 3.63) is 24.3 Å². The van der Waals surface area contributed by atoms with Gasteiger partial charge >= 0.3 is 17.9 Å². The number of hydrogen-bond acceptors (Lipinski definition) is 6. The Balaban J connectivity index is 4.34. The Hall–Kier alpha value is -2.11. The first-order valence-corrected chi connectivity index (χ1v) is 28.4. The van der Waals surface area contributed by atoms with E-state index in [0.29, 0.717) is 19.3 Å². The Labute approximate surface area is 398 Å². The average molecular weight is 901 g/mol. The molecule has 376 valence electrons. The Bertz CT molecular complexity index is 1040. The van der Waals surface area contributed by atoms with E-state index in [1.807, 2.05) is 0 Å². The molecule has 0 rings (SSSR count). The molecule has 0 fully saturated rings. The molecule has 0 radical (unpaired) electrons. The highest BCUT2D eigenvalue weighted by Gasteiger charge is 2.19. The summed E-state index contributed by atoms with van der Waals surface area (Å²) in [6.45, 7) is 6.66. The maximum absolute atomic E-state index is 12.8. The Morgan fingerprint density at radius 3 is 0.828 bits per heavy atom. The van der Waals surface area contributed by atoms with Gasteiger partial charge in [0.15, 0.2) is 6.10 Å². The first-order valence-electron chi connectivity index (χ1n) is 28.4. The molecule has 0 spiro atoms. The van der Waals surface area contributed by atoms with Gasteiger partial charge in [0.1, 0.15) is 13.2 Å². The number of esters is 3. The molecule has 0 bridgehead atoms. The highest BCUT2D eigenvalue weighted by Crippen LogP contribution is 2.17. The van der Waals surface area contributed by atoms with Crippen LogP contribution in [0.4, 0.5) is 0 Å². The van der Waals surface area contributed by atoms with E-state index < -0.39 is 6.10 Å². The molecule has 0 aliphatic carbocycles. The van der Waals surface area contributed by atoms with Gasteiger partial charge in [-0.2, -0.15) is 0 Å². The average Bonchev–Trinajstić information content (AvgIpc) is 3.29. The number of carbonyl (C=O) groups is 3. The second-order valence-electron chi connectivity index (χ2n) is 19.2. The van der Waals surface area contributed by atoms with Crippen LogP contribution < -0.4 is 0 Å². The van der Waals surface area contributed by atoms with Crippen LogP contribution in [0.2, 0.25) is 0 Å². The minimum absolute atomic E-state index is 0.0708. The van der Waals surface area contributed by atoms with Crippen LogP contribution in [-0.2, 0) is 28.6 Å². The second-order valence-corrected chi connectivity index (χ2v) is 19.2. The molecular weight excluding hydrogens is 793 g/mol. The van der Waals surface area contributed by atoms with Crippen LogP contribution in [0.1, 0.15) is 310 Å². The minimum atomic E-state index is -0.772. The normalized spacial score (nSPS) is 12.1. The topological polar surface area (TPSA) is 78.9 Å². The molecule has 6 nitrogen and oxygen atoms in total. The fourth-order valence-corrected chi connectivity index (χ4v) is 8.44. The van der Waals surface area contributed by atoms with Crippen molar-refractivity contribution in [3.63, 3.8) is 0 Å². The van der Waals surface area contributed by atoms with Crippen molar-refractivity contribution >= 4 is 17.9 Å². The van der Waals surface area contributed by atoms with Gasteiger partial charge in [-0.15, -0.1) is 0 Å². The van der Waals surface area contributed by atoms with E-state index in [-0.39, 0.29) is 31.1 Å². The molecule has 0 aliphatic rings. The van der Waals surface area contributed by atoms with Crippen molar-refractivity contribution in [2.75, 3.05) is 13.2 Å². The molecule has 0 aromatic carbocycles. The van der Waals surface area contributed by atoms with E-state index in [4.69, 9.17) is 14.2 Å². The molecule has 0 aliphatic heterocycles. The standard InChI is InChI=1S/C58H108O6/c1-4-7-10-13-16-19-22-25-27-28-29-31-33-36-39-42-45-48-51-57(60)63-54-55(53-62-56(59)50-47-44-41-38-35-32-24-21-18-15-12-9-6-3)64-58(61)52-49-46-43-40-37-34-30-26-23-20-17-14-11-8-5-2/h27-29,31,55H,4-26,30,32-54H2,1-3H3/b28-27-,31-29-. The highest BCUT2D eigenvalue weighted by molar-refractivity contribution is 5.71. The fourth-order valence-electron chi connectivity index (χ4n) is 8.44. The lowest BCUT2D eigenvalue weighted by molar-refractivity contribution is -0.167. The summed E-state index contributed by atoms with van der Waals surface area (Å²) < 4.78 is 16.9. The molecule has 0 saturated heterocycles. The molecule has 6 heteroatoms. The molecule has 1 unspecified atom stereocenters. The summed E-state index contributed by atoms with van der Waals surface area (Å²) in [5.41, 5.74) is 0. The summed E-state index contributed by atoms with van der Waals surface area (Å²) in [5, 5.41) is 0. The summed E-state index contributed by atoms with van der Waals surface area (Å²) in [6.07, 6.45) is 61.6. The number of allylic oxidation sites excluding steroid dienone is 4. The minimum Gasteiger partial charge on any atom is -0.462 e. The van der Waals surface area contributed by atoms with E-state index >= 15 is 0 Å². The van der Waals surface area contributed by atoms with Crippen molar-refractivity contribution in [2.45, 2.75) is 316 Å². The van der Waals surface area contributed by atoms with Crippen LogP contribution in [0.3, 0.4) is 0 Å². The van der Waals surface area contributed by atoms with E-state index in [2.05, 4.69) is 45.1 Å². The third-order valence-corrected chi connectivity index (χ3v) is 12.7. The van der Waals surface area contributed by atoms with E-state index in [9.17, 15) is 14.4 Å². The lowest BCUT2D eigenvalue weighted by atomic mass is 10.0. The predicted octanol–water partition coefficient (Wildman–Crippen LogP) is 18.7. The summed E-state index contributed by atoms with van der Waals surface area (Å²) >= 11 is 0. The third-order valence-electron chi connectivity index (χ3n) is 12.7. The molecule has 1 atom stereocenters. The zero-order chi connectivity index (χ0) is 46.5. The van der Waals surface area contributed by atoms with Crippen LogP contribution in [0.15, 0.2) is 24.3 Å². The van der Waals surface area contributed by atoms with Gasteiger partial charge in [-0.3, -0.25) is 14.4 Å². The van der Waals surface area contributed by atoms with E-state index in [1.165, 1.54) is 193 Å². The maximum Gasteiger partial charge on any atom is 0.306 e. The van der Waals surface area contributed by atoms with Gasteiger partial charge in [-0.05, 0) is 44.9 Å². The van der Waals surface area contributed by atoms with Gasteiger partial charge in [0, 0.05) is 19.3 Å².